The van der Waals surface area contributed by atoms with Gasteiger partial charge >= 0.3 is 11.9 Å². The van der Waals surface area contributed by atoms with Crippen molar-refractivity contribution in [2.24, 2.45) is 5.92 Å². The standard InChI is InChI=1S/C36H64O6/c1-4-5-6-7-11-16-21-26-33(37)27-22-17-14-19-24-29-36(40)42-31-34(38)30-41-35(39)28-23-18-13-10-8-9-12-15-20-25-32(2)3/h11,16,21,26,32,34,38H,4-10,12-15,17-20,22-25,27-31H2,1-3H3/b16-11-,26-21+/t34-/m0/s1. The number of unbranched alkanes of at least 4 members (excludes halogenated alkanes) is 15. The van der Waals surface area contributed by atoms with Crippen LogP contribution < -0.4 is 0 Å². The van der Waals surface area contributed by atoms with Crippen molar-refractivity contribution >= 4 is 17.7 Å². The molecular formula is C36H64O6. The minimum Gasteiger partial charge on any atom is -0.463 e. The molecule has 0 aromatic carbocycles. The van der Waals surface area contributed by atoms with E-state index in [4.69, 9.17) is 9.47 Å². The SMILES string of the molecule is CCCCC/C=C\C=C\C(=O)CCCCCCCC(=O)OC[C@@H](O)COC(=O)CCCCCCCCCCCC(C)C. The Morgan fingerprint density at radius 3 is 1.60 bits per heavy atom. The molecule has 0 rings (SSSR count). The van der Waals surface area contributed by atoms with Crippen molar-refractivity contribution in [3.8, 4) is 0 Å². The van der Waals surface area contributed by atoms with Gasteiger partial charge < -0.3 is 14.6 Å². The van der Waals surface area contributed by atoms with Crippen LogP contribution in [0.25, 0.3) is 0 Å². The Morgan fingerprint density at radius 1 is 0.619 bits per heavy atom. The number of allylic oxidation sites excluding steroid dienone is 4. The molecule has 0 spiro atoms. The van der Waals surface area contributed by atoms with E-state index in [9.17, 15) is 19.5 Å². The van der Waals surface area contributed by atoms with E-state index in [1.165, 1.54) is 64.2 Å². The highest BCUT2D eigenvalue weighted by Gasteiger charge is 2.12. The molecule has 1 atom stereocenters. The number of hydrogen-bond acceptors (Lipinski definition) is 6. The molecule has 6 heteroatoms. The summed E-state index contributed by atoms with van der Waals surface area (Å²) in [5.74, 6) is 0.312. The van der Waals surface area contributed by atoms with E-state index in [2.05, 4.69) is 26.8 Å². The summed E-state index contributed by atoms with van der Waals surface area (Å²) < 4.78 is 10.2. The van der Waals surface area contributed by atoms with E-state index in [0.29, 0.717) is 19.3 Å². The lowest BCUT2D eigenvalue weighted by Crippen LogP contribution is -2.25. The molecule has 0 fully saturated rings. The van der Waals surface area contributed by atoms with Crippen LogP contribution in [0.4, 0.5) is 0 Å². The predicted octanol–water partition coefficient (Wildman–Crippen LogP) is 9.37. The van der Waals surface area contributed by atoms with Crippen molar-refractivity contribution in [1.29, 1.82) is 0 Å². The Kier molecular flexibility index (Phi) is 29.1. The smallest absolute Gasteiger partial charge is 0.305 e. The van der Waals surface area contributed by atoms with Crippen molar-refractivity contribution < 1.29 is 29.0 Å². The lowest BCUT2D eigenvalue weighted by molar-refractivity contribution is -0.152. The van der Waals surface area contributed by atoms with Crippen molar-refractivity contribution in [3.05, 3.63) is 24.3 Å². The van der Waals surface area contributed by atoms with Crippen LogP contribution in [-0.2, 0) is 23.9 Å². The fourth-order valence-corrected chi connectivity index (χ4v) is 4.66. The third-order valence-corrected chi connectivity index (χ3v) is 7.34. The van der Waals surface area contributed by atoms with Crippen LogP contribution in [0, 0.1) is 5.92 Å². The third-order valence-electron chi connectivity index (χ3n) is 7.34. The second-order valence-corrected chi connectivity index (χ2v) is 12.2. The zero-order valence-electron chi connectivity index (χ0n) is 27.4. The molecule has 0 aliphatic carbocycles. The summed E-state index contributed by atoms with van der Waals surface area (Å²) in [7, 11) is 0. The molecule has 0 heterocycles. The average molecular weight is 593 g/mol. The number of carbonyl (C=O) groups is 3. The number of ketones is 1. The van der Waals surface area contributed by atoms with E-state index in [0.717, 1.165) is 63.7 Å². The summed E-state index contributed by atoms with van der Waals surface area (Å²) >= 11 is 0. The molecule has 6 nitrogen and oxygen atoms in total. The molecule has 0 saturated heterocycles. The minimum atomic E-state index is -0.999. The second-order valence-electron chi connectivity index (χ2n) is 12.2. The van der Waals surface area contributed by atoms with Gasteiger partial charge in [-0.1, -0.05) is 129 Å². The zero-order valence-corrected chi connectivity index (χ0v) is 27.4. The number of ether oxygens (including phenoxy) is 2. The summed E-state index contributed by atoms with van der Waals surface area (Å²) in [6.07, 6.45) is 29.1. The van der Waals surface area contributed by atoms with Gasteiger partial charge in [0, 0.05) is 19.3 Å². The summed E-state index contributed by atoms with van der Waals surface area (Å²) in [6, 6.07) is 0. The van der Waals surface area contributed by atoms with Crippen LogP contribution in [0.5, 0.6) is 0 Å². The Hall–Kier alpha value is -1.95. The molecule has 0 saturated carbocycles. The maximum atomic E-state index is 11.9. The molecule has 42 heavy (non-hydrogen) atoms. The van der Waals surface area contributed by atoms with Gasteiger partial charge in [-0.15, -0.1) is 0 Å². The van der Waals surface area contributed by atoms with Gasteiger partial charge in [-0.05, 0) is 44.1 Å². The van der Waals surface area contributed by atoms with E-state index >= 15 is 0 Å². The Morgan fingerprint density at radius 2 is 1.10 bits per heavy atom. The topological polar surface area (TPSA) is 89.9 Å². The maximum Gasteiger partial charge on any atom is 0.305 e. The molecule has 0 aliphatic heterocycles. The molecule has 1 N–H and O–H groups in total. The zero-order chi connectivity index (χ0) is 31.1. The highest BCUT2D eigenvalue weighted by atomic mass is 16.6. The predicted molar refractivity (Wildman–Crippen MR) is 173 cm³/mol. The molecule has 0 aromatic rings. The number of rotatable bonds is 30. The monoisotopic (exact) mass is 592 g/mol. The van der Waals surface area contributed by atoms with Crippen molar-refractivity contribution in [2.45, 2.75) is 168 Å². The van der Waals surface area contributed by atoms with Crippen molar-refractivity contribution in [2.75, 3.05) is 13.2 Å². The Labute approximate surface area is 258 Å². The lowest BCUT2D eigenvalue weighted by Gasteiger charge is -2.12. The number of carbonyl (C=O) groups excluding carboxylic acids is 3. The molecule has 0 aliphatic rings. The minimum absolute atomic E-state index is 0.147. The molecule has 0 bridgehead atoms. The maximum absolute atomic E-state index is 11.9. The lowest BCUT2D eigenvalue weighted by atomic mass is 10.0. The molecule has 0 aromatic heterocycles. The second kappa shape index (κ2) is 30.5. The normalized spacial score (nSPS) is 12.4. The number of aliphatic hydroxyl groups is 1. The van der Waals surface area contributed by atoms with E-state index in [1.807, 2.05) is 12.2 Å². The van der Waals surface area contributed by atoms with Gasteiger partial charge in [0.2, 0.25) is 0 Å². The number of hydrogen-bond donors (Lipinski definition) is 1. The fourth-order valence-electron chi connectivity index (χ4n) is 4.66. The molecule has 0 amide bonds. The van der Waals surface area contributed by atoms with Crippen LogP contribution >= 0.6 is 0 Å². The molecule has 0 radical (unpaired) electrons. The van der Waals surface area contributed by atoms with Gasteiger partial charge in [-0.3, -0.25) is 14.4 Å². The summed E-state index contributed by atoms with van der Waals surface area (Å²) in [6.45, 7) is 6.44. The summed E-state index contributed by atoms with van der Waals surface area (Å²) in [5, 5.41) is 9.95. The van der Waals surface area contributed by atoms with Gasteiger partial charge in [-0.2, -0.15) is 0 Å². The van der Waals surface area contributed by atoms with E-state index in [-0.39, 0.29) is 30.9 Å². The first-order valence-corrected chi connectivity index (χ1v) is 17.2. The highest BCUT2D eigenvalue weighted by Crippen LogP contribution is 2.14. The largest absolute Gasteiger partial charge is 0.463 e. The number of aliphatic hydroxyl groups excluding tert-OH is 1. The van der Waals surface area contributed by atoms with Gasteiger partial charge in [0.15, 0.2) is 5.78 Å². The van der Waals surface area contributed by atoms with Gasteiger partial charge in [0.25, 0.3) is 0 Å². The molecule has 244 valence electrons. The Bertz CT molecular complexity index is 712. The molecular weight excluding hydrogens is 528 g/mol. The first-order chi connectivity index (χ1) is 20.3. The quantitative estimate of drug-likeness (QED) is 0.0387. The third kappa shape index (κ3) is 31.0. The first-order valence-electron chi connectivity index (χ1n) is 17.2. The van der Waals surface area contributed by atoms with Gasteiger partial charge in [0.1, 0.15) is 19.3 Å². The van der Waals surface area contributed by atoms with Crippen LogP contribution in [0.1, 0.15) is 162 Å². The van der Waals surface area contributed by atoms with Gasteiger partial charge in [-0.25, -0.2) is 0 Å². The van der Waals surface area contributed by atoms with E-state index < -0.39 is 6.10 Å². The van der Waals surface area contributed by atoms with Gasteiger partial charge in [0.05, 0.1) is 0 Å². The van der Waals surface area contributed by atoms with Crippen molar-refractivity contribution in [3.63, 3.8) is 0 Å². The summed E-state index contributed by atoms with van der Waals surface area (Å²) in [5.41, 5.74) is 0. The van der Waals surface area contributed by atoms with Crippen LogP contribution in [0.3, 0.4) is 0 Å². The first kappa shape index (κ1) is 40.1. The van der Waals surface area contributed by atoms with Crippen molar-refractivity contribution in [1.82, 2.24) is 0 Å². The number of esters is 2. The van der Waals surface area contributed by atoms with Crippen LogP contribution in [-0.4, -0.2) is 42.1 Å². The molecule has 0 unspecified atom stereocenters. The summed E-state index contributed by atoms with van der Waals surface area (Å²) in [4.78, 5) is 35.7. The van der Waals surface area contributed by atoms with E-state index in [1.54, 1.807) is 6.08 Å². The highest BCUT2D eigenvalue weighted by molar-refractivity contribution is 5.89. The van der Waals surface area contributed by atoms with Crippen LogP contribution in [0.2, 0.25) is 0 Å². The van der Waals surface area contributed by atoms with Crippen LogP contribution in [0.15, 0.2) is 24.3 Å². The fraction of sp³-hybridized carbons (Fsp3) is 0.806. The Balaban J connectivity index is 3.55. The average Bonchev–Trinajstić information content (AvgIpc) is 2.96.